The largest absolute Gasteiger partial charge is 0.453 e. The minimum absolute atomic E-state index is 0.282. The number of carbonyl (C=O) groups is 1. The SMILES string of the molecule is COC(=O)Nc1ccc(-c2cnc3ccc(-c4c(-c5ccc(F)cc5)cnn4C)cn23)cn1. The predicted molar refractivity (Wildman–Crippen MR) is 122 cm³/mol. The highest BCUT2D eigenvalue weighted by Gasteiger charge is 2.15. The summed E-state index contributed by atoms with van der Waals surface area (Å²) in [5.41, 5.74) is 6.06. The quantitative estimate of drug-likeness (QED) is 0.433. The number of ether oxygens (including phenoxy) is 1. The summed E-state index contributed by atoms with van der Waals surface area (Å²) in [5.74, 6) is 0.106. The summed E-state index contributed by atoms with van der Waals surface area (Å²) in [6, 6.07) is 13.8. The molecule has 0 unspecified atom stereocenters. The number of imidazole rings is 1. The Morgan fingerprint density at radius 3 is 2.42 bits per heavy atom. The molecule has 9 heteroatoms. The maximum Gasteiger partial charge on any atom is 0.412 e. The maximum absolute atomic E-state index is 13.4. The molecule has 0 saturated carbocycles. The van der Waals surface area contributed by atoms with E-state index in [4.69, 9.17) is 0 Å². The van der Waals surface area contributed by atoms with E-state index in [2.05, 4.69) is 25.1 Å². The molecule has 0 spiro atoms. The van der Waals surface area contributed by atoms with Crippen LogP contribution in [-0.4, -0.2) is 37.4 Å². The van der Waals surface area contributed by atoms with Crippen LogP contribution in [0.4, 0.5) is 15.0 Å². The zero-order valence-electron chi connectivity index (χ0n) is 17.9. The molecule has 0 fully saturated rings. The van der Waals surface area contributed by atoms with E-state index in [1.807, 2.05) is 35.8 Å². The van der Waals surface area contributed by atoms with E-state index in [0.29, 0.717) is 5.82 Å². The molecule has 164 valence electrons. The zero-order chi connectivity index (χ0) is 22.9. The van der Waals surface area contributed by atoms with Gasteiger partial charge in [-0.15, -0.1) is 0 Å². The fourth-order valence-corrected chi connectivity index (χ4v) is 3.73. The Kier molecular flexibility index (Phi) is 5.06. The number of amides is 1. The molecule has 5 rings (SSSR count). The third-order valence-corrected chi connectivity index (χ3v) is 5.35. The van der Waals surface area contributed by atoms with Crippen molar-refractivity contribution < 1.29 is 13.9 Å². The highest BCUT2D eigenvalue weighted by atomic mass is 19.1. The Morgan fingerprint density at radius 2 is 1.70 bits per heavy atom. The monoisotopic (exact) mass is 442 g/mol. The van der Waals surface area contributed by atoms with Crippen molar-refractivity contribution in [2.75, 3.05) is 12.4 Å². The Balaban J connectivity index is 1.56. The number of rotatable bonds is 4. The summed E-state index contributed by atoms with van der Waals surface area (Å²) in [5, 5.41) is 6.96. The standard InChI is InChI=1S/C24H19FN6O2/c1-30-23(19(12-28-30)15-3-7-18(25)8-4-15)17-6-10-22-27-13-20(31(22)14-17)16-5-9-21(26-11-16)29-24(32)33-2/h3-14H,1-2H3,(H,26,29,32). The lowest BCUT2D eigenvalue weighted by Crippen LogP contribution is -2.11. The minimum Gasteiger partial charge on any atom is -0.453 e. The second kappa shape index (κ2) is 8.19. The van der Waals surface area contributed by atoms with Gasteiger partial charge in [0.15, 0.2) is 0 Å². The first-order chi connectivity index (χ1) is 16.0. The third-order valence-electron chi connectivity index (χ3n) is 5.35. The predicted octanol–water partition coefficient (Wildman–Crippen LogP) is 4.78. The van der Waals surface area contributed by atoms with Crippen LogP contribution in [0.2, 0.25) is 0 Å². The number of nitrogens with zero attached hydrogens (tertiary/aromatic N) is 5. The molecule has 1 aromatic carbocycles. The fraction of sp³-hybridized carbons (Fsp3) is 0.0833. The molecule has 0 aliphatic heterocycles. The molecule has 0 saturated heterocycles. The van der Waals surface area contributed by atoms with Crippen LogP contribution < -0.4 is 5.32 Å². The first kappa shape index (κ1) is 20.4. The lowest BCUT2D eigenvalue weighted by atomic mass is 10.0. The summed E-state index contributed by atoms with van der Waals surface area (Å²) in [6.45, 7) is 0. The van der Waals surface area contributed by atoms with Crippen LogP contribution in [0.3, 0.4) is 0 Å². The number of fused-ring (bicyclic) bond motifs is 1. The van der Waals surface area contributed by atoms with E-state index in [1.54, 1.807) is 41.5 Å². The van der Waals surface area contributed by atoms with Crippen LogP contribution in [0.25, 0.3) is 39.3 Å². The summed E-state index contributed by atoms with van der Waals surface area (Å²) in [4.78, 5) is 20.2. The van der Waals surface area contributed by atoms with Gasteiger partial charge in [-0.2, -0.15) is 5.10 Å². The molecule has 0 aliphatic rings. The van der Waals surface area contributed by atoms with Crippen molar-refractivity contribution in [3.8, 4) is 33.6 Å². The number of anilines is 1. The van der Waals surface area contributed by atoms with Gasteiger partial charge in [0.05, 0.1) is 30.9 Å². The number of carbonyl (C=O) groups excluding carboxylic acids is 1. The summed E-state index contributed by atoms with van der Waals surface area (Å²) < 4.78 is 21.8. The van der Waals surface area contributed by atoms with Gasteiger partial charge in [-0.05, 0) is 42.0 Å². The lowest BCUT2D eigenvalue weighted by molar-refractivity contribution is 0.187. The smallest absolute Gasteiger partial charge is 0.412 e. The van der Waals surface area contributed by atoms with E-state index in [9.17, 15) is 9.18 Å². The number of hydrogen-bond acceptors (Lipinski definition) is 5. The molecule has 0 atom stereocenters. The van der Waals surface area contributed by atoms with Crippen LogP contribution in [0.1, 0.15) is 0 Å². The van der Waals surface area contributed by atoms with Gasteiger partial charge in [0, 0.05) is 36.1 Å². The number of methoxy groups -OCH3 is 1. The molecule has 33 heavy (non-hydrogen) atoms. The summed E-state index contributed by atoms with van der Waals surface area (Å²) >= 11 is 0. The highest BCUT2D eigenvalue weighted by Crippen LogP contribution is 2.33. The van der Waals surface area contributed by atoms with Gasteiger partial charge >= 0.3 is 6.09 Å². The number of pyridine rings is 2. The van der Waals surface area contributed by atoms with Crippen LogP contribution in [0.15, 0.2) is 73.3 Å². The van der Waals surface area contributed by atoms with Crippen molar-refractivity contribution in [1.29, 1.82) is 0 Å². The normalized spacial score (nSPS) is 11.0. The molecule has 4 aromatic heterocycles. The average Bonchev–Trinajstić information content (AvgIpc) is 3.43. The topological polar surface area (TPSA) is 86.3 Å². The molecule has 8 nitrogen and oxygen atoms in total. The number of nitrogens with one attached hydrogen (secondary N) is 1. The third kappa shape index (κ3) is 3.80. The summed E-state index contributed by atoms with van der Waals surface area (Å²) in [6.07, 6.45) is 6.62. The van der Waals surface area contributed by atoms with Gasteiger partial charge in [-0.3, -0.25) is 14.4 Å². The number of halogens is 1. The fourth-order valence-electron chi connectivity index (χ4n) is 3.73. The van der Waals surface area contributed by atoms with E-state index in [0.717, 1.165) is 39.3 Å². The van der Waals surface area contributed by atoms with Gasteiger partial charge in [0.25, 0.3) is 0 Å². The highest BCUT2D eigenvalue weighted by molar-refractivity contribution is 5.84. The van der Waals surface area contributed by atoms with E-state index < -0.39 is 6.09 Å². The van der Waals surface area contributed by atoms with Crippen molar-refractivity contribution in [3.63, 3.8) is 0 Å². The Bertz CT molecular complexity index is 1460. The van der Waals surface area contributed by atoms with Crippen LogP contribution >= 0.6 is 0 Å². The summed E-state index contributed by atoms with van der Waals surface area (Å²) in [7, 11) is 3.17. The van der Waals surface area contributed by atoms with E-state index >= 15 is 0 Å². The minimum atomic E-state index is -0.581. The molecule has 4 heterocycles. The molecule has 5 aromatic rings. The number of hydrogen-bond donors (Lipinski definition) is 1. The van der Waals surface area contributed by atoms with Gasteiger partial charge in [0.2, 0.25) is 0 Å². The van der Waals surface area contributed by atoms with Crippen molar-refractivity contribution in [1.82, 2.24) is 24.1 Å². The van der Waals surface area contributed by atoms with E-state index in [-0.39, 0.29) is 5.82 Å². The molecular weight excluding hydrogens is 423 g/mol. The number of benzene rings is 1. The van der Waals surface area contributed by atoms with Crippen molar-refractivity contribution in [2.24, 2.45) is 7.05 Å². The second-order valence-corrected chi connectivity index (χ2v) is 7.38. The first-order valence-corrected chi connectivity index (χ1v) is 10.1. The molecular formula is C24H19FN6O2. The molecule has 0 bridgehead atoms. The maximum atomic E-state index is 13.4. The second-order valence-electron chi connectivity index (χ2n) is 7.38. The number of aryl methyl sites for hydroxylation is 1. The van der Waals surface area contributed by atoms with Crippen molar-refractivity contribution >= 4 is 17.6 Å². The van der Waals surface area contributed by atoms with E-state index in [1.165, 1.54) is 19.2 Å². The first-order valence-electron chi connectivity index (χ1n) is 10.1. The molecule has 1 N–H and O–H groups in total. The van der Waals surface area contributed by atoms with Gasteiger partial charge in [-0.1, -0.05) is 12.1 Å². The van der Waals surface area contributed by atoms with Gasteiger partial charge in [0.1, 0.15) is 17.3 Å². The van der Waals surface area contributed by atoms with Crippen molar-refractivity contribution in [3.05, 3.63) is 79.1 Å². The molecule has 0 radical (unpaired) electrons. The molecule has 1 amide bonds. The average molecular weight is 442 g/mol. The van der Waals surface area contributed by atoms with Crippen LogP contribution in [0.5, 0.6) is 0 Å². The Hall–Kier alpha value is -4.53. The Labute approximate surface area is 188 Å². The molecule has 0 aliphatic carbocycles. The Morgan fingerprint density at radius 1 is 0.939 bits per heavy atom. The van der Waals surface area contributed by atoms with Crippen LogP contribution in [0, 0.1) is 5.82 Å². The van der Waals surface area contributed by atoms with Crippen LogP contribution in [-0.2, 0) is 11.8 Å². The van der Waals surface area contributed by atoms with Gasteiger partial charge in [-0.25, -0.2) is 19.2 Å². The van der Waals surface area contributed by atoms with Gasteiger partial charge < -0.3 is 4.74 Å². The zero-order valence-corrected chi connectivity index (χ0v) is 17.9. The van der Waals surface area contributed by atoms with Crippen molar-refractivity contribution in [2.45, 2.75) is 0 Å². The number of aromatic nitrogens is 5. The lowest BCUT2D eigenvalue weighted by Gasteiger charge is -2.09.